The van der Waals surface area contributed by atoms with Crippen molar-refractivity contribution in [3.63, 3.8) is 0 Å². The fourth-order valence-electron chi connectivity index (χ4n) is 1.40. The summed E-state index contributed by atoms with van der Waals surface area (Å²) < 4.78 is 36.3. The van der Waals surface area contributed by atoms with Gasteiger partial charge in [0.05, 0.1) is 5.75 Å². The SMILES string of the molecule is CC(C(=O)Nc1ccc(F)cc1)S(=O)(=O)CCCN. The van der Waals surface area contributed by atoms with Crippen molar-refractivity contribution in [1.29, 1.82) is 0 Å². The van der Waals surface area contributed by atoms with Gasteiger partial charge in [-0.1, -0.05) is 0 Å². The molecule has 1 atom stereocenters. The number of amides is 1. The first kappa shape index (κ1) is 15.6. The number of sulfone groups is 1. The number of nitrogens with two attached hydrogens (primary N) is 1. The molecule has 0 saturated heterocycles. The van der Waals surface area contributed by atoms with Crippen LogP contribution in [0, 0.1) is 5.82 Å². The van der Waals surface area contributed by atoms with Gasteiger partial charge in [-0.25, -0.2) is 12.8 Å². The summed E-state index contributed by atoms with van der Waals surface area (Å²) in [6, 6.07) is 5.10. The van der Waals surface area contributed by atoms with Crippen LogP contribution in [-0.4, -0.2) is 31.9 Å². The number of nitrogens with one attached hydrogen (secondary N) is 1. The molecule has 0 radical (unpaired) electrons. The van der Waals surface area contributed by atoms with Gasteiger partial charge >= 0.3 is 0 Å². The number of hydrogen-bond acceptors (Lipinski definition) is 4. The average molecular weight is 288 g/mol. The maximum atomic E-state index is 12.7. The van der Waals surface area contributed by atoms with Crippen LogP contribution in [0.5, 0.6) is 0 Å². The largest absolute Gasteiger partial charge is 0.330 e. The zero-order valence-electron chi connectivity index (χ0n) is 10.6. The van der Waals surface area contributed by atoms with E-state index in [0.717, 1.165) is 0 Å². The summed E-state index contributed by atoms with van der Waals surface area (Å²) in [5, 5.41) is 1.27. The third kappa shape index (κ3) is 4.60. The monoisotopic (exact) mass is 288 g/mol. The van der Waals surface area contributed by atoms with Crippen LogP contribution in [0.15, 0.2) is 24.3 Å². The Morgan fingerprint density at radius 2 is 1.95 bits per heavy atom. The predicted molar refractivity (Wildman–Crippen MR) is 71.9 cm³/mol. The first-order chi connectivity index (χ1) is 8.86. The lowest BCUT2D eigenvalue weighted by Crippen LogP contribution is -2.34. The molecule has 1 amide bonds. The van der Waals surface area contributed by atoms with Crippen LogP contribution in [0.3, 0.4) is 0 Å². The quantitative estimate of drug-likeness (QED) is 0.814. The maximum Gasteiger partial charge on any atom is 0.242 e. The highest BCUT2D eigenvalue weighted by molar-refractivity contribution is 7.92. The topological polar surface area (TPSA) is 89.3 Å². The van der Waals surface area contributed by atoms with Crippen molar-refractivity contribution in [3.8, 4) is 0 Å². The molecule has 106 valence electrons. The van der Waals surface area contributed by atoms with Gasteiger partial charge in [-0.3, -0.25) is 4.79 Å². The molecule has 0 aliphatic rings. The van der Waals surface area contributed by atoms with Gasteiger partial charge < -0.3 is 11.1 Å². The molecule has 1 aromatic rings. The van der Waals surface area contributed by atoms with E-state index in [9.17, 15) is 17.6 Å². The van der Waals surface area contributed by atoms with Crippen molar-refractivity contribution >= 4 is 21.4 Å². The van der Waals surface area contributed by atoms with Crippen LogP contribution in [0.4, 0.5) is 10.1 Å². The Morgan fingerprint density at radius 3 is 2.47 bits per heavy atom. The van der Waals surface area contributed by atoms with Crippen LogP contribution >= 0.6 is 0 Å². The molecule has 0 fully saturated rings. The smallest absolute Gasteiger partial charge is 0.242 e. The van der Waals surface area contributed by atoms with Crippen LogP contribution in [0.25, 0.3) is 0 Å². The van der Waals surface area contributed by atoms with E-state index < -0.39 is 26.8 Å². The molecule has 0 aliphatic carbocycles. The normalized spacial score (nSPS) is 13.0. The number of hydrogen-bond donors (Lipinski definition) is 2. The molecule has 0 saturated carbocycles. The average Bonchev–Trinajstić information content (AvgIpc) is 2.38. The molecule has 0 spiro atoms. The van der Waals surface area contributed by atoms with Gasteiger partial charge in [-0.2, -0.15) is 0 Å². The van der Waals surface area contributed by atoms with Gasteiger partial charge in [0.1, 0.15) is 11.1 Å². The van der Waals surface area contributed by atoms with Gasteiger partial charge in [-0.05, 0) is 44.2 Å². The minimum absolute atomic E-state index is 0.124. The molecule has 0 aromatic heterocycles. The van der Waals surface area contributed by atoms with Crippen molar-refractivity contribution in [3.05, 3.63) is 30.1 Å². The van der Waals surface area contributed by atoms with Crippen LogP contribution in [-0.2, 0) is 14.6 Å². The Morgan fingerprint density at radius 1 is 1.37 bits per heavy atom. The van der Waals surface area contributed by atoms with Crippen LogP contribution in [0.2, 0.25) is 0 Å². The van der Waals surface area contributed by atoms with Gasteiger partial charge in [0.2, 0.25) is 5.91 Å². The first-order valence-corrected chi connectivity index (χ1v) is 7.56. The molecule has 1 aromatic carbocycles. The summed E-state index contributed by atoms with van der Waals surface area (Å²) in [6.07, 6.45) is 0.316. The molecular formula is C12H17FN2O3S. The van der Waals surface area contributed by atoms with Crippen molar-refractivity contribution in [2.24, 2.45) is 5.73 Å². The number of carbonyl (C=O) groups excluding carboxylic acids is 1. The second-order valence-electron chi connectivity index (χ2n) is 4.15. The van der Waals surface area contributed by atoms with E-state index in [-0.39, 0.29) is 12.3 Å². The highest BCUT2D eigenvalue weighted by Gasteiger charge is 2.27. The number of benzene rings is 1. The van der Waals surface area contributed by atoms with Gasteiger partial charge in [0.15, 0.2) is 9.84 Å². The molecule has 1 rings (SSSR count). The molecule has 0 bridgehead atoms. The zero-order chi connectivity index (χ0) is 14.5. The Balaban J connectivity index is 2.69. The van der Waals surface area contributed by atoms with E-state index in [2.05, 4.69) is 5.32 Å². The lowest BCUT2D eigenvalue weighted by atomic mass is 10.3. The van der Waals surface area contributed by atoms with E-state index in [4.69, 9.17) is 5.73 Å². The Labute approximate surface area is 111 Å². The van der Waals surface area contributed by atoms with E-state index >= 15 is 0 Å². The molecule has 0 aliphatic heterocycles. The summed E-state index contributed by atoms with van der Waals surface area (Å²) in [7, 11) is -3.52. The summed E-state index contributed by atoms with van der Waals surface area (Å²) in [5.41, 5.74) is 5.60. The highest BCUT2D eigenvalue weighted by Crippen LogP contribution is 2.11. The molecular weight excluding hydrogens is 271 g/mol. The molecule has 19 heavy (non-hydrogen) atoms. The summed E-state index contributed by atoms with van der Waals surface area (Å²) >= 11 is 0. The number of rotatable bonds is 6. The molecule has 5 nitrogen and oxygen atoms in total. The predicted octanol–water partition coefficient (Wildman–Crippen LogP) is 0.916. The lowest BCUT2D eigenvalue weighted by molar-refractivity contribution is -0.115. The summed E-state index contributed by atoms with van der Waals surface area (Å²) in [4.78, 5) is 11.8. The Bertz CT molecular complexity index is 528. The molecule has 3 N–H and O–H groups in total. The highest BCUT2D eigenvalue weighted by atomic mass is 32.2. The number of anilines is 1. The van der Waals surface area contributed by atoms with E-state index in [1.54, 1.807) is 0 Å². The van der Waals surface area contributed by atoms with Crippen LogP contribution < -0.4 is 11.1 Å². The van der Waals surface area contributed by atoms with Gasteiger partial charge in [0, 0.05) is 5.69 Å². The van der Waals surface area contributed by atoms with Crippen LogP contribution in [0.1, 0.15) is 13.3 Å². The van der Waals surface area contributed by atoms with Crippen molar-refractivity contribution in [2.45, 2.75) is 18.6 Å². The first-order valence-electron chi connectivity index (χ1n) is 5.85. The molecule has 0 heterocycles. The lowest BCUT2D eigenvalue weighted by Gasteiger charge is -2.13. The standard InChI is InChI=1S/C12H17FN2O3S/c1-9(19(17,18)8-2-7-14)12(16)15-11-5-3-10(13)4-6-11/h3-6,9H,2,7-8,14H2,1H3,(H,15,16). The van der Waals surface area contributed by atoms with Crippen molar-refractivity contribution < 1.29 is 17.6 Å². The summed E-state index contributed by atoms with van der Waals surface area (Å²) in [5.74, 6) is -1.19. The van der Waals surface area contributed by atoms with Crippen molar-refractivity contribution in [1.82, 2.24) is 0 Å². The second kappa shape index (κ2) is 6.63. The van der Waals surface area contributed by atoms with E-state index in [1.807, 2.05) is 0 Å². The van der Waals surface area contributed by atoms with Gasteiger partial charge in [0.25, 0.3) is 0 Å². The third-order valence-electron chi connectivity index (χ3n) is 2.65. The minimum Gasteiger partial charge on any atom is -0.330 e. The Hall–Kier alpha value is -1.47. The second-order valence-corrected chi connectivity index (χ2v) is 6.59. The minimum atomic E-state index is -3.52. The molecule has 1 unspecified atom stereocenters. The van der Waals surface area contributed by atoms with E-state index in [0.29, 0.717) is 12.1 Å². The fraction of sp³-hybridized carbons (Fsp3) is 0.417. The van der Waals surface area contributed by atoms with Crippen molar-refractivity contribution in [2.75, 3.05) is 17.6 Å². The number of halogens is 1. The Kier molecular flexibility index (Phi) is 5.44. The summed E-state index contributed by atoms with van der Waals surface area (Å²) in [6.45, 7) is 1.58. The van der Waals surface area contributed by atoms with E-state index in [1.165, 1.54) is 31.2 Å². The maximum absolute atomic E-state index is 12.7. The number of carbonyl (C=O) groups is 1. The molecule has 7 heteroatoms. The third-order valence-corrected chi connectivity index (χ3v) is 4.80. The van der Waals surface area contributed by atoms with Gasteiger partial charge in [-0.15, -0.1) is 0 Å². The fourth-order valence-corrected chi connectivity index (χ4v) is 2.71. The zero-order valence-corrected chi connectivity index (χ0v) is 11.4.